The van der Waals surface area contributed by atoms with Gasteiger partial charge in [-0.05, 0) is 24.6 Å². The van der Waals surface area contributed by atoms with Crippen molar-refractivity contribution in [2.24, 2.45) is 7.05 Å². The smallest absolute Gasteiger partial charge is 0.0800 e. The number of thioether (sulfide) groups is 2. The van der Waals surface area contributed by atoms with Gasteiger partial charge in [-0.15, -0.1) is 23.5 Å². The van der Waals surface area contributed by atoms with Crippen LogP contribution in [0.15, 0.2) is 64.5 Å². The van der Waals surface area contributed by atoms with Gasteiger partial charge in [-0.1, -0.05) is 36.4 Å². The SMILES string of the molecule is Cn1c2c(c3ccccc31)C(Sc1ccccc1)CCS2. The molecule has 0 amide bonds. The quantitative estimate of drug-likeness (QED) is 0.615. The van der Waals surface area contributed by atoms with Gasteiger partial charge in [0.05, 0.1) is 5.03 Å². The highest BCUT2D eigenvalue weighted by Crippen LogP contribution is 2.49. The molecule has 0 aliphatic carbocycles. The number of aromatic nitrogens is 1. The summed E-state index contributed by atoms with van der Waals surface area (Å²) >= 11 is 4.01. The lowest BCUT2D eigenvalue weighted by Crippen LogP contribution is -2.05. The molecule has 21 heavy (non-hydrogen) atoms. The Morgan fingerprint density at radius 2 is 1.81 bits per heavy atom. The van der Waals surface area contributed by atoms with E-state index in [1.807, 2.05) is 23.5 Å². The summed E-state index contributed by atoms with van der Waals surface area (Å²) in [6.45, 7) is 0. The number of hydrogen-bond donors (Lipinski definition) is 0. The number of rotatable bonds is 2. The molecule has 1 aliphatic heterocycles. The second-order valence-corrected chi connectivity index (χ2v) is 7.71. The maximum absolute atomic E-state index is 2.37. The average molecular weight is 311 g/mol. The molecule has 0 radical (unpaired) electrons. The van der Waals surface area contributed by atoms with Crippen LogP contribution in [0.4, 0.5) is 0 Å². The van der Waals surface area contributed by atoms with Crippen LogP contribution in [0.25, 0.3) is 10.9 Å². The van der Waals surface area contributed by atoms with Crippen molar-refractivity contribution in [1.82, 2.24) is 4.57 Å². The highest BCUT2D eigenvalue weighted by molar-refractivity contribution is 8.01. The Balaban J connectivity index is 1.82. The molecule has 0 spiro atoms. The summed E-state index contributed by atoms with van der Waals surface area (Å²) in [5, 5.41) is 3.45. The molecule has 1 unspecified atom stereocenters. The van der Waals surface area contributed by atoms with Crippen LogP contribution in [0, 0.1) is 0 Å². The maximum Gasteiger partial charge on any atom is 0.0800 e. The molecule has 0 N–H and O–H groups in total. The standard InChI is InChI=1S/C18H17NS2/c1-19-15-10-6-5-9-14(15)17-16(11-12-20-18(17)19)21-13-7-3-2-4-8-13/h2-10,16H,11-12H2,1H3. The van der Waals surface area contributed by atoms with E-state index in [4.69, 9.17) is 0 Å². The minimum Gasteiger partial charge on any atom is -0.339 e. The Morgan fingerprint density at radius 3 is 2.67 bits per heavy atom. The van der Waals surface area contributed by atoms with E-state index in [2.05, 4.69) is 66.2 Å². The summed E-state index contributed by atoms with van der Waals surface area (Å²) in [5.41, 5.74) is 2.90. The summed E-state index contributed by atoms with van der Waals surface area (Å²) in [7, 11) is 2.20. The lowest BCUT2D eigenvalue weighted by Gasteiger charge is -2.23. The lowest BCUT2D eigenvalue weighted by molar-refractivity contribution is 0.788. The van der Waals surface area contributed by atoms with Crippen molar-refractivity contribution in [2.75, 3.05) is 5.75 Å². The minimum absolute atomic E-state index is 0.565. The Hall–Kier alpha value is -1.32. The van der Waals surface area contributed by atoms with Crippen molar-refractivity contribution < 1.29 is 0 Å². The number of benzene rings is 2. The van der Waals surface area contributed by atoms with E-state index in [-0.39, 0.29) is 0 Å². The van der Waals surface area contributed by atoms with Crippen molar-refractivity contribution in [3.63, 3.8) is 0 Å². The highest BCUT2D eigenvalue weighted by Gasteiger charge is 2.27. The third-order valence-corrected chi connectivity index (χ3v) is 6.56. The third kappa shape index (κ3) is 2.29. The summed E-state index contributed by atoms with van der Waals surface area (Å²) < 4.78 is 2.37. The van der Waals surface area contributed by atoms with E-state index in [0.29, 0.717) is 5.25 Å². The van der Waals surface area contributed by atoms with E-state index >= 15 is 0 Å². The van der Waals surface area contributed by atoms with Crippen LogP contribution in [0.1, 0.15) is 17.2 Å². The first-order valence-corrected chi connectivity index (χ1v) is 9.13. The van der Waals surface area contributed by atoms with E-state index in [1.165, 1.54) is 33.0 Å². The molecule has 0 bridgehead atoms. The van der Waals surface area contributed by atoms with E-state index in [9.17, 15) is 0 Å². The molecule has 3 heteroatoms. The van der Waals surface area contributed by atoms with Gasteiger partial charge in [0.25, 0.3) is 0 Å². The zero-order chi connectivity index (χ0) is 14.2. The molecule has 0 saturated carbocycles. The topological polar surface area (TPSA) is 4.93 Å². The maximum atomic E-state index is 2.37. The molecule has 3 aromatic rings. The Bertz CT molecular complexity index is 777. The van der Waals surface area contributed by atoms with E-state index < -0.39 is 0 Å². The van der Waals surface area contributed by atoms with Crippen molar-refractivity contribution in [3.05, 3.63) is 60.2 Å². The molecule has 0 saturated heterocycles. The van der Waals surface area contributed by atoms with E-state index in [1.54, 1.807) is 5.56 Å². The van der Waals surface area contributed by atoms with Crippen molar-refractivity contribution in [1.29, 1.82) is 0 Å². The van der Waals surface area contributed by atoms with Gasteiger partial charge < -0.3 is 4.57 Å². The van der Waals surface area contributed by atoms with Crippen LogP contribution >= 0.6 is 23.5 Å². The molecule has 4 rings (SSSR count). The third-order valence-electron chi connectivity index (χ3n) is 4.05. The van der Waals surface area contributed by atoms with E-state index in [0.717, 1.165) is 0 Å². The molecule has 1 aliphatic rings. The molecule has 0 fully saturated rings. The predicted octanol–water partition coefficient (Wildman–Crippen LogP) is 5.51. The molecule has 1 aromatic heterocycles. The summed E-state index contributed by atoms with van der Waals surface area (Å²) in [5.74, 6) is 1.21. The van der Waals surface area contributed by atoms with Crippen LogP contribution in [0.2, 0.25) is 0 Å². The Morgan fingerprint density at radius 1 is 1.05 bits per heavy atom. The van der Waals surface area contributed by atoms with Crippen LogP contribution in [-0.2, 0) is 7.05 Å². The van der Waals surface area contributed by atoms with Gasteiger partial charge in [-0.25, -0.2) is 0 Å². The molecule has 2 aromatic carbocycles. The molecule has 1 atom stereocenters. The van der Waals surface area contributed by atoms with Gasteiger partial charge in [0.1, 0.15) is 0 Å². The number of aryl methyl sites for hydroxylation is 1. The summed E-state index contributed by atoms with van der Waals surface area (Å²) in [6, 6.07) is 19.6. The average Bonchev–Trinajstić information content (AvgIpc) is 2.83. The number of fused-ring (bicyclic) bond motifs is 3. The highest BCUT2D eigenvalue weighted by atomic mass is 32.2. The van der Waals surface area contributed by atoms with Crippen molar-refractivity contribution in [3.8, 4) is 0 Å². The second kappa shape index (κ2) is 5.47. The second-order valence-electron chi connectivity index (χ2n) is 5.35. The molecular formula is C18H17NS2. The number of hydrogen-bond acceptors (Lipinski definition) is 2. The first kappa shape index (κ1) is 13.4. The van der Waals surface area contributed by atoms with Crippen LogP contribution in [0.3, 0.4) is 0 Å². The van der Waals surface area contributed by atoms with Crippen LogP contribution in [0.5, 0.6) is 0 Å². The van der Waals surface area contributed by atoms with Crippen LogP contribution < -0.4 is 0 Å². The zero-order valence-electron chi connectivity index (χ0n) is 12.0. The first-order valence-electron chi connectivity index (χ1n) is 7.26. The minimum atomic E-state index is 0.565. The van der Waals surface area contributed by atoms with Crippen molar-refractivity contribution in [2.45, 2.75) is 21.6 Å². The van der Waals surface area contributed by atoms with Crippen molar-refractivity contribution >= 4 is 34.4 Å². The van der Waals surface area contributed by atoms with Crippen LogP contribution in [-0.4, -0.2) is 10.3 Å². The fourth-order valence-electron chi connectivity index (χ4n) is 3.07. The van der Waals surface area contributed by atoms with Gasteiger partial charge in [0.15, 0.2) is 0 Å². The molecule has 1 nitrogen and oxygen atoms in total. The Labute approximate surface area is 133 Å². The zero-order valence-corrected chi connectivity index (χ0v) is 13.6. The van der Waals surface area contributed by atoms with Gasteiger partial charge in [-0.2, -0.15) is 0 Å². The number of nitrogens with zero attached hydrogens (tertiary/aromatic N) is 1. The molecule has 2 heterocycles. The Kier molecular flexibility index (Phi) is 3.48. The summed E-state index contributed by atoms with van der Waals surface area (Å²) in [6.07, 6.45) is 1.24. The van der Waals surface area contributed by atoms with Gasteiger partial charge >= 0.3 is 0 Å². The number of para-hydroxylation sites is 1. The van der Waals surface area contributed by atoms with Gasteiger partial charge in [0.2, 0.25) is 0 Å². The normalized spacial score (nSPS) is 17.9. The molecular weight excluding hydrogens is 294 g/mol. The fraction of sp³-hybridized carbons (Fsp3) is 0.222. The summed E-state index contributed by atoms with van der Waals surface area (Å²) in [4.78, 5) is 1.37. The van der Waals surface area contributed by atoms with Gasteiger partial charge in [-0.3, -0.25) is 0 Å². The van der Waals surface area contributed by atoms with Gasteiger partial charge in [0, 0.05) is 39.4 Å². The first-order chi connectivity index (χ1) is 10.3. The fourth-order valence-corrected chi connectivity index (χ4v) is 5.78. The largest absolute Gasteiger partial charge is 0.339 e. The monoisotopic (exact) mass is 311 g/mol. The molecule has 106 valence electrons. The lowest BCUT2D eigenvalue weighted by atomic mass is 10.1. The predicted molar refractivity (Wildman–Crippen MR) is 93.3 cm³/mol.